The maximum atomic E-state index is 12.6. The molecule has 0 atom stereocenters. The van der Waals surface area contributed by atoms with Crippen molar-refractivity contribution in [2.75, 3.05) is 6.54 Å². The van der Waals surface area contributed by atoms with Gasteiger partial charge in [-0.15, -0.1) is 0 Å². The largest absolute Gasteiger partial charge is 0.287 e. The van der Waals surface area contributed by atoms with Crippen molar-refractivity contribution < 1.29 is 4.79 Å². The van der Waals surface area contributed by atoms with E-state index in [0.29, 0.717) is 27.3 Å². The molecular weight excluding hydrogens is 410 g/mol. The maximum Gasteiger partial charge on any atom is 0.266 e. The molecule has 1 aromatic heterocycles. The minimum atomic E-state index is -0.0496. The molecule has 1 fully saturated rings. The van der Waals surface area contributed by atoms with E-state index >= 15 is 0 Å². The van der Waals surface area contributed by atoms with Crippen molar-refractivity contribution >= 4 is 62.1 Å². The third kappa shape index (κ3) is 3.71. The summed E-state index contributed by atoms with van der Waals surface area (Å²) in [7, 11) is 0. The minimum absolute atomic E-state index is 0.0496. The Balaban J connectivity index is 1.96. The van der Waals surface area contributed by atoms with Crippen molar-refractivity contribution in [1.29, 1.82) is 0 Å². The van der Waals surface area contributed by atoms with Gasteiger partial charge in [-0.3, -0.25) is 14.7 Å². The molecule has 7 heteroatoms. The molecule has 1 aliphatic rings. The summed E-state index contributed by atoms with van der Waals surface area (Å²) >= 11 is 10.9. The molecule has 0 radical (unpaired) electrons. The summed E-state index contributed by atoms with van der Waals surface area (Å²) in [5.74, 6) is -0.0496. The van der Waals surface area contributed by atoms with E-state index in [1.54, 1.807) is 17.2 Å². The summed E-state index contributed by atoms with van der Waals surface area (Å²) in [5.41, 5.74) is 1.56. The molecule has 122 valence electrons. The number of halogens is 2. The number of carbonyl (C=O) groups excluding carboxylic acids is 1. The van der Waals surface area contributed by atoms with Gasteiger partial charge in [-0.1, -0.05) is 39.7 Å². The molecule has 4 nitrogen and oxygen atoms in total. The average molecular weight is 423 g/mol. The number of amidine groups is 1. The molecule has 3 rings (SSSR count). The number of aromatic nitrogens is 1. The normalized spacial score (nSPS) is 18.0. The lowest BCUT2D eigenvalue weighted by Crippen LogP contribution is -2.28. The standard InChI is InChI=1S/C17H13BrClN3OS/c1-2-22-16(23)15(9-11-4-3-5-12(18)8-11)24-17(22)21-14-6-7-20-10-13(14)19/h3-10H,2H2,1H3/b15-9-,21-17?. The first kappa shape index (κ1) is 17.2. The second-order valence-electron chi connectivity index (χ2n) is 4.94. The maximum absolute atomic E-state index is 12.6. The third-order valence-corrected chi connectivity index (χ3v) is 5.11. The summed E-state index contributed by atoms with van der Waals surface area (Å²) in [4.78, 5) is 23.4. The molecule has 0 saturated carbocycles. The molecule has 1 aliphatic heterocycles. The molecule has 0 spiro atoms. The van der Waals surface area contributed by atoms with Crippen LogP contribution in [0.25, 0.3) is 6.08 Å². The number of rotatable bonds is 3. The lowest BCUT2D eigenvalue weighted by Gasteiger charge is -2.12. The highest BCUT2D eigenvalue weighted by Gasteiger charge is 2.32. The van der Waals surface area contributed by atoms with Crippen LogP contribution < -0.4 is 0 Å². The number of likely N-dealkylation sites (N-methyl/N-ethyl adjacent to an activating group) is 1. The van der Waals surface area contributed by atoms with E-state index in [-0.39, 0.29) is 5.91 Å². The molecule has 0 N–H and O–H groups in total. The topological polar surface area (TPSA) is 45.6 Å². The van der Waals surface area contributed by atoms with E-state index < -0.39 is 0 Å². The van der Waals surface area contributed by atoms with E-state index in [0.717, 1.165) is 10.0 Å². The lowest BCUT2D eigenvalue weighted by atomic mass is 10.2. The Labute approximate surface area is 157 Å². The van der Waals surface area contributed by atoms with Gasteiger partial charge >= 0.3 is 0 Å². The number of hydrogen-bond donors (Lipinski definition) is 0. The SMILES string of the molecule is CCN1C(=O)/C(=C/c2cccc(Br)c2)SC1=Nc1ccncc1Cl. The zero-order valence-corrected chi connectivity index (χ0v) is 15.9. The van der Waals surface area contributed by atoms with Crippen LogP contribution in [-0.2, 0) is 4.79 Å². The zero-order chi connectivity index (χ0) is 17.1. The van der Waals surface area contributed by atoms with Gasteiger partial charge in [0.15, 0.2) is 5.17 Å². The molecule has 1 aromatic carbocycles. The van der Waals surface area contributed by atoms with Gasteiger partial charge in [-0.2, -0.15) is 0 Å². The second kappa shape index (κ2) is 7.51. The Morgan fingerprint density at radius 2 is 2.25 bits per heavy atom. The number of amides is 1. The Morgan fingerprint density at radius 1 is 1.42 bits per heavy atom. The summed E-state index contributed by atoms with van der Waals surface area (Å²) in [5, 5.41) is 1.08. The molecule has 2 heterocycles. The van der Waals surface area contributed by atoms with Gasteiger partial charge in [0.2, 0.25) is 0 Å². The van der Waals surface area contributed by atoms with Crippen LogP contribution in [0, 0.1) is 0 Å². The van der Waals surface area contributed by atoms with Crippen molar-refractivity contribution in [3.63, 3.8) is 0 Å². The predicted octanol–water partition coefficient (Wildman–Crippen LogP) is 5.12. The number of aliphatic imine (C=N–C) groups is 1. The summed E-state index contributed by atoms with van der Waals surface area (Å²) in [6.45, 7) is 2.47. The number of hydrogen-bond acceptors (Lipinski definition) is 4. The van der Waals surface area contributed by atoms with Crippen molar-refractivity contribution in [3.05, 3.63) is 62.7 Å². The lowest BCUT2D eigenvalue weighted by molar-refractivity contribution is -0.122. The fraction of sp³-hybridized carbons (Fsp3) is 0.118. The minimum Gasteiger partial charge on any atom is -0.287 e. The first-order valence-corrected chi connectivity index (χ1v) is 9.22. The number of thioether (sulfide) groups is 1. The van der Waals surface area contributed by atoms with E-state index in [1.807, 2.05) is 37.3 Å². The Kier molecular flexibility index (Phi) is 5.38. The Hall–Kier alpha value is -1.63. The van der Waals surface area contributed by atoms with Crippen LogP contribution >= 0.6 is 39.3 Å². The monoisotopic (exact) mass is 421 g/mol. The number of pyridine rings is 1. The molecule has 0 bridgehead atoms. The first-order chi connectivity index (χ1) is 11.6. The molecular formula is C17H13BrClN3OS. The van der Waals surface area contributed by atoms with Crippen LogP contribution in [0.2, 0.25) is 5.02 Å². The fourth-order valence-electron chi connectivity index (χ4n) is 2.18. The molecule has 1 amide bonds. The van der Waals surface area contributed by atoms with Crippen LogP contribution in [0.4, 0.5) is 5.69 Å². The molecule has 24 heavy (non-hydrogen) atoms. The van der Waals surface area contributed by atoms with Gasteiger partial charge in [-0.05, 0) is 48.5 Å². The summed E-state index contributed by atoms with van der Waals surface area (Å²) < 4.78 is 0.970. The van der Waals surface area contributed by atoms with Crippen LogP contribution in [-0.4, -0.2) is 27.5 Å². The fourth-order valence-corrected chi connectivity index (χ4v) is 3.81. The van der Waals surface area contributed by atoms with E-state index in [9.17, 15) is 4.79 Å². The highest BCUT2D eigenvalue weighted by Crippen LogP contribution is 2.35. The first-order valence-electron chi connectivity index (χ1n) is 7.23. The van der Waals surface area contributed by atoms with E-state index in [1.165, 1.54) is 18.0 Å². The van der Waals surface area contributed by atoms with Crippen LogP contribution in [0.3, 0.4) is 0 Å². The van der Waals surface area contributed by atoms with Crippen LogP contribution in [0.5, 0.6) is 0 Å². The van der Waals surface area contributed by atoms with Crippen molar-refractivity contribution in [1.82, 2.24) is 9.88 Å². The smallest absolute Gasteiger partial charge is 0.266 e. The van der Waals surface area contributed by atoms with Gasteiger partial charge < -0.3 is 0 Å². The number of carbonyl (C=O) groups is 1. The van der Waals surface area contributed by atoms with Gasteiger partial charge in [0, 0.05) is 23.4 Å². The van der Waals surface area contributed by atoms with Crippen molar-refractivity contribution in [2.45, 2.75) is 6.92 Å². The van der Waals surface area contributed by atoms with Gasteiger partial charge in [0.05, 0.1) is 15.6 Å². The average Bonchev–Trinajstić information content (AvgIpc) is 2.85. The second-order valence-corrected chi connectivity index (χ2v) is 7.27. The molecule has 0 unspecified atom stereocenters. The van der Waals surface area contributed by atoms with Gasteiger partial charge in [-0.25, -0.2) is 4.99 Å². The summed E-state index contributed by atoms with van der Waals surface area (Å²) in [6.07, 6.45) is 5.04. The van der Waals surface area contributed by atoms with E-state index in [2.05, 4.69) is 25.9 Å². The summed E-state index contributed by atoms with van der Waals surface area (Å²) in [6, 6.07) is 9.53. The van der Waals surface area contributed by atoms with Crippen molar-refractivity contribution in [2.24, 2.45) is 4.99 Å². The molecule has 1 saturated heterocycles. The predicted molar refractivity (Wildman–Crippen MR) is 103 cm³/mol. The van der Waals surface area contributed by atoms with Crippen molar-refractivity contribution in [3.8, 4) is 0 Å². The van der Waals surface area contributed by atoms with E-state index in [4.69, 9.17) is 11.6 Å². The highest BCUT2D eigenvalue weighted by molar-refractivity contribution is 9.10. The van der Waals surface area contributed by atoms with Gasteiger partial charge in [0.1, 0.15) is 0 Å². The number of nitrogens with zero attached hydrogens (tertiary/aromatic N) is 3. The molecule has 0 aliphatic carbocycles. The van der Waals surface area contributed by atoms with Crippen LogP contribution in [0.15, 0.2) is 57.1 Å². The third-order valence-electron chi connectivity index (χ3n) is 3.32. The Morgan fingerprint density at radius 3 is 2.96 bits per heavy atom. The highest BCUT2D eigenvalue weighted by atomic mass is 79.9. The van der Waals surface area contributed by atoms with Crippen LogP contribution in [0.1, 0.15) is 12.5 Å². The van der Waals surface area contributed by atoms with Gasteiger partial charge in [0.25, 0.3) is 5.91 Å². The quantitative estimate of drug-likeness (QED) is 0.645. The zero-order valence-electron chi connectivity index (χ0n) is 12.7. The Bertz CT molecular complexity index is 853. The molecule has 2 aromatic rings. The number of benzene rings is 1.